The van der Waals surface area contributed by atoms with Crippen LogP contribution in [-0.2, 0) is 29.1 Å². The van der Waals surface area contributed by atoms with Crippen LogP contribution < -0.4 is 4.74 Å². The van der Waals surface area contributed by atoms with Gasteiger partial charge in [-0.15, -0.1) is 0 Å². The minimum absolute atomic E-state index is 0.0872. The molecule has 1 fully saturated rings. The third-order valence-electron chi connectivity index (χ3n) is 5.43. The van der Waals surface area contributed by atoms with Gasteiger partial charge in [0, 0.05) is 30.6 Å². The summed E-state index contributed by atoms with van der Waals surface area (Å²) in [6.07, 6.45) is 3.43. The normalized spacial score (nSPS) is 19.1. The molecular weight excluding hydrogens is 342 g/mol. The number of ether oxygens (including phenoxy) is 2. The van der Waals surface area contributed by atoms with Gasteiger partial charge in [0.2, 0.25) is 5.91 Å². The van der Waals surface area contributed by atoms with Crippen molar-refractivity contribution in [3.05, 3.63) is 47.3 Å². The molecule has 1 aromatic carbocycles. The summed E-state index contributed by atoms with van der Waals surface area (Å²) < 4.78 is 13.6. The van der Waals surface area contributed by atoms with Crippen LogP contribution in [0.5, 0.6) is 5.75 Å². The first kappa shape index (κ1) is 18.0. The molecule has 0 radical (unpaired) electrons. The van der Waals surface area contributed by atoms with Crippen LogP contribution in [0.3, 0.4) is 0 Å². The Kier molecular flexibility index (Phi) is 5.43. The predicted octanol–water partition coefficient (Wildman–Crippen LogP) is 3.11. The molecule has 0 saturated carbocycles. The lowest BCUT2D eigenvalue weighted by Crippen LogP contribution is -2.30. The van der Waals surface area contributed by atoms with Crippen molar-refractivity contribution in [3.8, 4) is 5.75 Å². The van der Waals surface area contributed by atoms with Crippen molar-refractivity contribution in [3.63, 3.8) is 0 Å². The Hall–Kier alpha value is -2.34. The number of para-hydroxylation sites is 1. The number of hydrogen-bond acceptors (Lipinski definition) is 4. The largest absolute Gasteiger partial charge is 0.492 e. The summed E-state index contributed by atoms with van der Waals surface area (Å²) in [6, 6.07) is 9.94. The van der Waals surface area contributed by atoms with E-state index in [4.69, 9.17) is 14.6 Å². The van der Waals surface area contributed by atoms with Crippen LogP contribution in [0.25, 0.3) is 0 Å². The lowest BCUT2D eigenvalue weighted by Gasteiger charge is -2.24. The monoisotopic (exact) mass is 369 g/mol. The van der Waals surface area contributed by atoms with Gasteiger partial charge in [0.15, 0.2) is 0 Å². The van der Waals surface area contributed by atoms with E-state index in [2.05, 4.69) is 4.68 Å². The molecule has 6 heteroatoms. The maximum absolute atomic E-state index is 12.3. The first-order valence-corrected chi connectivity index (χ1v) is 9.91. The molecular formula is C21H27N3O3. The number of likely N-dealkylation sites (tertiary alicyclic amines) is 1. The number of benzene rings is 1. The van der Waals surface area contributed by atoms with Crippen molar-refractivity contribution in [2.75, 3.05) is 19.8 Å². The fourth-order valence-corrected chi connectivity index (χ4v) is 4.11. The summed E-state index contributed by atoms with van der Waals surface area (Å²) in [5.74, 6) is 1.09. The van der Waals surface area contributed by atoms with Gasteiger partial charge in [-0.05, 0) is 25.0 Å². The smallest absolute Gasteiger partial charge is 0.222 e. The number of fused-ring (bicyclic) bond motifs is 1. The van der Waals surface area contributed by atoms with E-state index in [9.17, 15) is 4.79 Å². The molecule has 2 aliphatic heterocycles. The summed E-state index contributed by atoms with van der Waals surface area (Å²) in [5.41, 5.74) is 3.45. The number of carbonyl (C=O) groups excluding carboxylic acids is 1. The minimum Gasteiger partial charge on any atom is -0.492 e. The third-order valence-corrected chi connectivity index (χ3v) is 5.43. The van der Waals surface area contributed by atoms with Gasteiger partial charge in [0.05, 0.1) is 31.5 Å². The van der Waals surface area contributed by atoms with Crippen LogP contribution in [-0.4, -0.2) is 40.3 Å². The van der Waals surface area contributed by atoms with Crippen LogP contribution in [0, 0.1) is 0 Å². The first-order chi connectivity index (χ1) is 13.3. The van der Waals surface area contributed by atoms with Crippen LogP contribution >= 0.6 is 0 Å². The Morgan fingerprint density at radius 3 is 3.00 bits per heavy atom. The average Bonchev–Trinajstić information content (AvgIpc) is 3.33. The Balaban J connectivity index is 1.53. The number of nitrogens with zero attached hydrogens (tertiary/aromatic N) is 3. The SMILES string of the molecule is CCC(=O)N1CCCC1c1nn(CCOc2ccccc2)c2c1COCC2. The molecule has 6 nitrogen and oxygen atoms in total. The molecule has 0 bridgehead atoms. The van der Waals surface area contributed by atoms with Gasteiger partial charge in [-0.25, -0.2) is 0 Å². The highest BCUT2D eigenvalue weighted by molar-refractivity contribution is 5.76. The second kappa shape index (κ2) is 8.13. The predicted molar refractivity (Wildman–Crippen MR) is 102 cm³/mol. The summed E-state index contributed by atoms with van der Waals surface area (Å²) in [7, 11) is 0. The second-order valence-corrected chi connectivity index (χ2v) is 7.10. The molecule has 2 aromatic rings. The Labute approximate surface area is 160 Å². The summed E-state index contributed by atoms with van der Waals surface area (Å²) in [4.78, 5) is 14.3. The second-order valence-electron chi connectivity index (χ2n) is 7.10. The molecule has 1 amide bonds. The molecule has 144 valence electrons. The maximum atomic E-state index is 12.3. The zero-order valence-corrected chi connectivity index (χ0v) is 15.9. The molecule has 3 heterocycles. The van der Waals surface area contributed by atoms with E-state index in [0.717, 1.165) is 43.9 Å². The van der Waals surface area contributed by atoms with Crippen LogP contribution in [0.2, 0.25) is 0 Å². The van der Waals surface area contributed by atoms with Gasteiger partial charge in [-0.1, -0.05) is 25.1 Å². The van der Waals surface area contributed by atoms with Gasteiger partial charge in [-0.3, -0.25) is 9.48 Å². The average molecular weight is 369 g/mol. The van der Waals surface area contributed by atoms with Gasteiger partial charge in [-0.2, -0.15) is 5.10 Å². The highest BCUT2D eigenvalue weighted by atomic mass is 16.5. The third kappa shape index (κ3) is 3.72. The zero-order chi connectivity index (χ0) is 18.6. The van der Waals surface area contributed by atoms with Gasteiger partial charge >= 0.3 is 0 Å². The highest BCUT2D eigenvalue weighted by Crippen LogP contribution is 2.36. The number of aromatic nitrogens is 2. The Morgan fingerprint density at radius 1 is 1.33 bits per heavy atom. The highest BCUT2D eigenvalue weighted by Gasteiger charge is 2.35. The quantitative estimate of drug-likeness (QED) is 0.785. The van der Waals surface area contributed by atoms with E-state index < -0.39 is 0 Å². The van der Waals surface area contributed by atoms with Crippen molar-refractivity contribution in [2.24, 2.45) is 0 Å². The van der Waals surface area contributed by atoms with Crippen LogP contribution in [0.1, 0.15) is 49.2 Å². The fourth-order valence-electron chi connectivity index (χ4n) is 4.11. The van der Waals surface area contributed by atoms with Crippen molar-refractivity contribution < 1.29 is 14.3 Å². The summed E-state index contributed by atoms with van der Waals surface area (Å²) in [5, 5.41) is 4.93. The van der Waals surface area contributed by atoms with Crippen molar-refractivity contribution in [1.82, 2.24) is 14.7 Å². The van der Waals surface area contributed by atoms with E-state index in [0.29, 0.717) is 26.2 Å². The molecule has 0 N–H and O–H groups in total. The van der Waals surface area contributed by atoms with Crippen LogP contribution in [0.15, 0.2) is 30.3 Å². The number of carbonyl (C=O) groups is 1. The van der Waals surface area contributed by atoms with E-state index >= 15 is 0 Å². The van der Waals surface area contributed by atoms with Gasteiger partial charge in [0.25, 0.3) is 0 Å². The van der Waals surface area contributed by atoms with Gasteiger partial charge in [0.1, 0.15) is 12.4 Å². The number of hydrogen-bond donors (Lipinski definition) is 0. The molecule has 1 unspecified atom stereocenters. The van der Waals surface area contributed by atoms with E-state index in [1.165, 1.54) is 11.3 Å². The maximum Gasteiger partial charge on any atom is 0.222 e. The molecule has 1 aromatic heterocycles. The lowest BCUT2D eigenvalue weighted by atomic mass is 10.0. The molecule has 0 aliphatic carbocycles. The standard InChI is InChI=1S/C21H27N3O3/c1-2-20(25)23-11-6-9-19(23)21-17-15-26-13-10-18(17)24(22-21)12-14-27-16-7-4-3-5-8-16/h3-5,7-8,19H,2,6,9-15H2,1H3. The molecule has 27 heavy (non-hydrogen) atoms. The number of rotatable bonds is 6. The fraction of sp³-hybridized carbons (Fsp3) is 0.524. The molecule has 1 atom stereocenters. The van der Waals surface area contributed by atoms with E-state index in [1.54, 1.807) is 0 Å². The molecule has 0 spiro atoms. The Bertz CT molecular complexity index is 787. The van der Waals surface area contributed by atoms with Crippen molar-refractivity contribution in [2.45, 2.75) is 51.8 Å². The summed E-state index contributed by atoms with van der Waals surface area (Å²) >= 11 is 0. The molecule has 1 saturated heterocycles. The van der Waals surface area contributed by atoms with E-state index in [-0.39, 0.29) is 11.9 Å². The van der Waals surface area contributed by atoms with Crippen LogP contribution in [0.4, 0.5) is 0 Å². The molecule has 2 aliphatic rings. The minimum atomic E-state index is 0.0872. The lowest BCUT2D eigenvalue weighted by molar-refractivity contribution is -0.131. The van der Waals surface area contributed by atoms with E-state index in [1.807, 2.05) is 42.2 Å². The first-order valence-electron chi connectivity index (χ1n) is 9.91. The topological polar surface area (TPSA) is 56.6 Å². The summed E-state index contributed by atoms with van der Waals surface area (Å²) in [6.45, 7) is 5.34. The number of amides is 1. The Morgan fingerprint density at radius 2 is 2.19 bits per heavy atom. The van der Waals surface area contributed by atoms with Crippen molar-refractivity contribution in [1.29, 1.82) is 0 Å². The zero-order valence-electron chi connectivity index (χ0n) is 15.9. The molecule has 4 rings (SSSR count). The van der Waals surface area contributed by atoms with Gasteiger partial charge < -0.3 is 14.4 Å². The van der Waals surface area contributed by atoms with Crippen molar-refractivity contribution >= 4 is 5.91 Å².